The second-order valence-electron chi connectivity index (χ2n) is 5.79. The minimum atomic E-state index is -0.712. The van der Waals surface area contributed by atoms with Crippen molar-refractivity contribution in [2.45, 2.75) is 44.8 Å². The number of hydrogen-bond donors (Lipinski definition) is 1. The maximum absolute atomic E-state index is 11.1. The van der Waals surface area contributed by atoms with E-state index in [1.54, 1.807) is 0 Å². The van der Waals surface area contributed by atoms with Crippen LogP contribution in [0.2, 0.25) is 0 Å². The van der Waals surface area contributed by atoms with E-state index in [2.05, 4.69) is 46.9 Å². The first-order valence-corrected chi connectivity index (χ1v) is 7.87. The minimum Gasteiger partial charge on any atom is -0.383 e. The smallest absolute Gasteiger partial charge is 0.110 e. The molecule has 4 nitrogen and oxygen atoms in total. The van der Waals surface area contributed by atoms with E-state index in [1.807, 2.05) is 10.9 Å². The van der Waals surface area contributed by atoms with E-state index in [1.165, 1.54) is 0 Å². The average Bonchev–Trinajstić information content (AvgIpc) is 2.90. The predicted octanol–water partition coefficient (Wildman–Crippen LogP) is 2.60. The molecule has 1 aromatic rings. The molecule has 1 aliphatic carbocycles. The fraction of sp³-hybridized carbons (Fsp3) is 0.786. The molecule has 0 amide bonds. The summed E-state index contributed by atoms with van der Waals surface area (Å²) in [6.07, 6.45) is 5.88. The van der Waals surface area contributed by atoms with Crippen LogP contribution in [0, 0.1) is 5.92 Å². The van der Waals surface area contributed by atoms with Gasteiger partial charge >= 0.3 is 0 Å². The third-order valence-corrected chi connectivity index (χ3v) is 4.82. The van der Waals surface area contributed by atoms with Gasteiger partial charge in [0.05, 0.1) is 22.9 Å². The SMILES string of the molecule is CCC1CCCC1(O)c1c(Br)cnn1CCN(C)C. The van der Waals surface area contributed by atoms with Crippen LogP contribution >= 0.6 is 15.9 Å². The van der Waals surface area contributed by atoms with Crippen molar-refractivity contribution in [1.29, 1.82) is 0 Å². The van der Waals surface area contributed by atoms with Gasteiger partial charge in [-0.05, 0) is 55.2 Å². The lowest BCUT2D eigenvalue weighted by Gasteiger charge is -2.31. The molecule has 0 aromatic carbocycles. The van der Waals surface area contributed by atoms with Crippen LogP contribution in [0.4, 0.5) is 0 Å². The molecule has 0 radical (unpaired) electrons. The van der Waals surface area contributed by atoms with Crippen molar-refractivity contribution in [1.82, 2.24) is 14.7 Å². The van der Waals surface area contributed by atoms with Crippen molar-refractivity contribution in [2.75, 3.05) is 20.6 Å². The average molecular weight is 330 g/mol. The normalized spacial score (nSPS) is 27.4. The van der Waals surface area contributed by atoms with Crippen LogP contribution < -0.4 is 0 Å². The van der Waals surface area contributed by atoms with Crippen LogP contribution in [0.3, 0.4) is 0 Å². The number of aromatic nitrogens is 2. The fourth-order valence-electron chi connectivity index (χ4n) is 3.17. The molecular weight excluding hydrogens is 306 g/mol. The summed E-state index contributed by atoms with van der Waals surface area (Å²) in [5, 5.41) is 15.6. The lowest BCUT2D eigenvalue weighted by atomic mass is 9.85. The Labute approximate surface area is 123 Å². The molecular formula is C14H24BrN3O. The van der Waals surface area contributed by atoms with Crippen LogP contribution in [-0.2, 0) is 12.1 Å². The highest BCUT2D eigenvalue weighted by Gasteiger charge is 2.45. The number of halogens is 1. The number of nitrogens with zero attached hydrogens (tertiary/aromatic N) is 3. The Morgan fingerprint density at radius 3 is 2.95 bits per heavy atom. The fourth-order valence-corrected chi connectivity index (χ4v) is 3.81. The molecule has 1 heterocycles. The molecule has 1 N–H and O–H groups in total. The maximum Gasteiger partial charge on any atom is 0.110 e. The standard InChI is InChI=1S/C14H24BrN3O/c1-4-11-6-5-7-14(11,19)13-12(15)10-16-18(13)9-8-17(2)3/h10-11,19H,4-9H2,1-3H3. The van der Waals surface area contributed by atoms with Crippen LogP contribution in [0.5, 0.6) is 0 Å². The second kappa shape index (κ2) is 5.94. The highest BCUT2D eigenvalue weighted by atomic mass is 79.9. The number of aliphatic hydroxyl groups is 1. The molecule has 1 aliphatic rings. The van der Waals surface area contributed by atoms with Crippen molar-refractivity contribution in [3.8, 4) is 0 Å². The molecule has 0 aliphatic heterocycles. The van der Waals surface area contributed by atoms with Gasteiger partial charge < -0.3 is 10.0 Å². The Kier molecular flexibility index (Phi) is 4.69. The Hall–Kier alpha value is -0.390. The van der Waals surface area contributed by atoms with Crippen LogP contribution in [0.1, 0.15) is 38.3 Å². The highest BCUT2D eigenvalue weighted by Crippen LogP contribution is 2.47. The largest absolute Gasteiger partial charge is 0.383 e. The van der Waals surface area contributed by atoms with Gasteiger partial charge in [0, 0.05) is 6.54 Å². The van der Waals surface area contributed by atoms with Gasteiger partial charge in [0.2, 0.25) is 0 Å². The molecule has 1 aromatic heterocycles. The molecule has 108 valence electrons. The predicted molar refractivity (Wildman–Crippen MR) is 80.0 cm³/mol. The van der Waals surface area contributed by atoms with Gasteiger partial charge in [0.25, 0.3) is 0 Å². The van der Waals surface area contributed by atoms with Gasteiger partial charge in [-0.1, -0.05) is 13.3 Å². The minimum absolute atomic E-state index is 0.346. The lowest BCUT2D eigenvalue weighted by Crippen LogP contribution is -2.34. The molecule has 1 fully saturated rings. The van der Waals surface area contributed by atoms with Gasteiger partial charge in [0.15, 0.2) is 0 Å². The van der Waals surface area contributed by atoms with Crippen LogP contribution in [0.25, 0.3) is 0 Å². The van der Waals surface area contributed by atoms with Gasteiger partial charge in [-0.3, -0.25) is 4.68 Å². The molecule has 19 heavy (non-hydrogen) atoms. The third-order valence-electron chi connectivity index (χ3n) is 4.24. The van der Waals surface area contributed by atoms with E-state index in [9.17, 15) is 5.11 Å². The lowest BCUT2D eigenvalue weighted by molar-refractivity contribution is -0.0131. The summed E-state index contributed by atoms with van der Waals surface area (Å²) in [4.78, 5) is 2.13. The zero-order valence-corrected chi connectivity index (χ0v) is 13.7. The summed E-state index contributed by atoms with van der Waals surface area (Å²) < 4.78 is 2.91. The molecule has 1 saturated carbocycles. The number of hydrogen-bond acceptors (Lipinski definition) is 3. The van der Waals surface area contributed by atoms with E-state index in [0.717, 1.165) is 48.9 Å². The van der Waals surface area contributed by atoms with Crippen molar-refractivity contribution < 1.29 is 5.11 Å². The first-order chi connectivity index (χ1) is 8.99. The van der Waals surface area contributed by atoms with E-state index in [4.69, 9.17) is 0 Å². The summed E-state index contributed by atoms with van der Waals surface area (Å²) in [6, 6.07) is 0. The van der Waals surface area contributed by atoms with E-state index < -0.39 is 5.60 Å². The quantitative estimate of drug-likeness (QED) is 0.902. The van der Waals surface area contributed by atoms with Gasteiger partial charge in [-0.15, -0.1) is 0 Å². The molecule has 0 saturated heterocycles. The van der Waals surface area contributed by atoms with Gasteiger partial charge in [-0.25, -0.2) is 0 Å². The van der Waals surface area contributed by atoms with E-state index in [-0.39, 0.29) is 0 Å². The molecule has 2 rings (SSSR count). The van der Waals surface area contributed by atoms with Gasteiger partial charge in [-0.2, -0.15) is 5.10 Å². The Balaban J connectivity index is 2.30. The van der Waals surface area contributed by atoms with Crippen molar-refractivity contribution in [3.05, 3.63) is 16.4 Å². The summed E-state index contributed by atoms with van der Waals surface area (Å²) in [5.74, 6) is 0.346. The molecule has 5 heteroatoms. The number of rotatable bonds is 5. The monoisotopic (exact) mass is 329 g/mol. The van der Waals surface area contributed by atoms with E-state index in [0.29, 0.717) is 5.92 Å². The third kappa shape index (κ3) is 2.88. The first-order valence-electron chi connectivity index (χ1n) is 7.08. The molecule has 2 atom stereocenters. The summed E-state index contributed by atoms with van der Waals surface area (Å²) in [6.45, 7) is 3.90. The Morgan fingerprint density at radius 2 is 2.32 bits per heavy atom. The number of likely N-dealkylation sites (N-methyl/N-ethyl adjacent to an activating group) is 1. The summed E-state index contributed by atoms with van der Waals surface area (Å²) >= 11 is 3.57. The van der Waals surface area contributed by atoms with Crippen LogP contribution in [-0.4, -0.2) is 40.4 Å². The van der Waals surface area contributed by atoms with Crippen molar-refractivity contribution in [2.24, 2.45) is 5.92 Å². The zero-order valence-electron chi connectivity index (χ0n) is 12.1. The van der Waals surface area contributed by atoms with E-state index >= 15 is 0 Å². The molecule has 0 spiro atoms. The van der Waals surface area contributed by atoms with Crippen molar-refractivity contribution in [3.63, 3.8) is 0 Å². The maximum atomic E-state index is 11.1. The van der Waals surface area contributed by atoms with Crippen molar-refractivity contribution >= 4 is 15.9 Å². The summed E-state index contributed by atoms with van der Waals surface area (Å²) in [5.41, 5.74) is 0.259. The first kappa shape index (κ1) is 15.0. The topological polar surface area (TPSA) is 41.3 Å². The zero-order chi connectivity index (χ0) is 14.0. The van der Waals surface area contributed by atoms with Crippen LogP contribution in [0.15, 0.2) is 10.7 Å². The van der Waals surface area contributed by atoms with Gasteiger partial charge in [0.1, 0.15) is 5.60 Å². The highest BCUT2D eigenvalue weighted by molar-refractivity contribution is 9.10. The summed E-state index contributed by atoms with van der Waals surface area (Å²) in [7, 11) is 4.11. The Bertz CT molecular complexity index is 432. The Morgan fingerprint density at radius 1 is 1.58 bits per heavy atom. The second-order valence-corrected chi connectivity index (χ2v) is 6.64. The molecule has 2 unspecified atom stereocenters. The molecule has 0 bridgehead atoms.